The zero-order chi connectivity index (χ0) is 66.6. The molecular weight excluding hydrogens is 1190 g/mol. The average molecular weight is 1330 g/mol. The molecule has 0 saturated heterocycles. The second-order valence-corrected chi connectivity index (χ2v) is 29.7. The van der Waals surface area contributed by atoms with Gasteiger partial charge in [-0.1, -0.05) is 305 Å². The fourth-order valence-electron chi connectivity index (χ4n) is 10.7. The van der Waals surface area contributed by atoms with Gasteiger partial charge in [-0.25, -0.2) is 9.13 Å². The maximum atomic E-state index is 13.0. The predicted molar refractivity (Wildman–Crippen MR) is 363 cm³/mol. The molecule has 0 rings (SSSR count). The lowest BCUT2D eigenvalue weighted by molar-refractivity contribution is -0.161. The summed E-state index contributed by atoms with van der Waals surface area (Å²) in [6.07, 6.45) is 45.8. The molecule has 0 bridgehead atoms. The van der Waals surface area contributed by atoms with E-state index in [1.807, 2.05) is 0 Å². The Morgan fingerprint density at radius 2 is 0.567 bits per heavy atom. The van der Waals surface area contributed by atoms with E-state index in [9.17, 15) is 43.2 Å². The van der Waals surface area contributed by atoms with E-state index in [1.54, 1.807) is 0 Å². The Morgan fingerprint density at radius 1 is 0.322 bits per heavy atom. The molecule has 17 nitrogen and oxygen atoms in total. The van der Waals surface area contributed by atoms with E-state index in [-0.39, 0.29) is 25.7 Å². The highest BCUT2D eigenvalue weighted by Crippen LogP contribution is 2.45. The molecule has 3 N–H and O–H groups in total. The van der Waals surface area contributed by atoms with Crippen LogP contribution in [0.5, 0.6) is 0 Å². The van der Waals surface area contributed by atoms with Crippen LogP contribution in [0.4, 0.5) is 0 Å². The fourth-order valence-corrected chi connectivity index (χ4v) is 12.3. The van der Waals surface area contributed by atoms with Gasteiger partial charge in [0.2, 0.25) is 0 Å². The van der Waals surface area contributed by atoms with Crippen LogP contribution in [-0.4, -0.2) is 96.7 Å². The van der Waals surface area contributed by atoms with E-state index in [1.165, 1.54) is 167 Å². The average Bonchev–Trinajstić information content (AvgIpc) is 3.01. The summed E-state index contributed by atoms with van der Waals surface area (Å²) < 4.78 is 68.3. The molecule has 0 aromatic carbocycles. The van der Waals surface area contributed by atoms with Gasteiger partial charge in [-0.2, -0.15) is 0 Å². The van der Waals surface area contributed by atoms with Crippen molar-refractivity contribution in [2.75, 3.05) is 39.6 Å². The van der Waals surface area contributed by atoms with Crippen molar-refractivity contribution in [1.29, 1.82) is 0 Å². The smallest absolute Gasteiger partial charge is 0.462 e. The molecule has 0 amide bonds. The van der Waals surface area contributed by atoms with E-state index < -0.39 is 97.5 Å². The minimum Gasteiger partial charge on any atom is -0.462 e. The summed E-state index contributed by atoms with van der Waals surface area (Å²) in [6.45, 7) is 11.8. The molecule has 0 radical (unpaired) electrons. The first kappa shape index (κ1) is 88.1. The molecule has 0 aliphatic rings. The van der Waals surface area contributed by atoms with Crippen molar-refractivity contribution in [3.8, 4) is 0 Å². The minimum atomic E-state index is -4.95. The third-order valence-corrected chi connectivity index (χ3v) is 18.6. The van der Waals surface area contributed by atoms with Gasteiger partial charge in [0.1, 0.15) is 19.3 Å². The van der Waals surface area contributed by atoms with Gasteiger partial charge in [-0.15, -0.1) is 0 Å². The Balaban J connectivity index is 5.23. The Kier molecular flexibility index (Phi) is 60.6. The highest BCUT2D eigenvalue weighted by Gasteiger charge is 2.30. The van der Waals surface area contributed by atoms with Crippen LogP contribution in [0.25, 0.3) is 0 Å². The van der Waals surface area contributed by atoms with Gasteiger partial charge in [0.05, 0.1) is 26.4 Å². The fraction of sp³-hybridized carbons (Fsp3) is 0.944. The number of aliphatic hydroxyl groups is 1. The quantitative estimate of drug-likeness (QED) is 0.0222. The number of esters is 4. The van der Waals surface area contributed by atoms with Crippen molar-refractivity contribution in [2.24, 2.45) is 17.8 Å². The van der Waals surface area contributed by atoms with Crippen LogP contribution in [0, 0.1) is 17.8 Å². The summed E-state index contributed by atoms with van der Waals surface area (Å²) >= 11 is 0. The summed E-state index contributed by atoms with van der Waals surface area (Å²) in [5.41, 5.74) is 0. The summed E-state index contributed by atoms with van der Waals surface area (Å²) in [6, 6.07) is 0. The number of hydrogen-bond donors (Lipinski definition) is 3. The van der Waals surface area contributed by atoms with Crippen LogP contribution in [-0.2, 0) is 65.4 Å². The zero-order valence-corrected chi connectivity index (χ0v) is 60.4. The Hall–Kier alpha value is -1.94. The van der Waals surface area contributed by atoms with E-state index in [0.29, 0.717) is 31.6 Å². The normalized spacial score (nSPS) is 14.5. The van der Waals surface area contributed by atoms with Gasteiger partial charge in [0.15, 0.2) is 12.2 Å². The molecule has 0 spiro atoms. The highest BCUT2D eigenvalue weighted by molar-refractivity contribution is 7.47. The number of aliphatic hydroxyl groups excluding tert-OH is 1. The van der Waals surface area contributed by atoms with Crippen LogP contribution >= 0.6 is 15.6 Å². The van der Waals surface area contributed by atoms with E-state index in [2.05, 4.69) is 48.5 Å². The van der Waals surface area contributed by atoms with Crippen molar-refractivity contribution in [3.63, 3.8) is 0 Å². The molecule has 0 aliphatic carbocycles. The van der Waals surface area contributed by atoms with Crippen LogP contribution < -0.4 is 0 Å². The first-order valence-corrected chi connectivity index (χ1v) is 39.9. The van der Waals surface area contributed by atoms with Crippen molar-refractivity contribution < 1.29 is 80.2 Å². The first-order valence-electron chi connectivity index (χ1n) is 36.9. The van der Waals surface area contributed by atoms with Crippen LogP contribution in [0.2, 0.25) is 0 Å². The topological polar surface area (TPSA) is 237 Å². The molecule has 0 aliphatic heterocycles. The Bertz CT molecular complexity index is 1770. The number of unbranched alkanes of at least 4 members (excludes halogenated alkanes) is 36. The molecule has 0 aromatic rings. The molecule has 0 saturated carbocycles. The van der Waals surface area contributed by atoms with E-state index >= 15 is 0 Å². The zero-order valence-electron chi connectivity index (χ0n) is 58.6. The lowest BCUT2D eigenvalue weighted by atomic mass is 9.99. The van der Waals surface area contributed by atoms with E-state index in [0.717, 1.165) is 102 Å². The number of ether oxygens (including phenoxy) is 4. The molecule has 0 aromatic heterocycles. The maximum Gasteiger partial charge on any atom is 0.472 e. The monoisotopic (exact) mass is 1320 g/mol. The van der Waals surface area contributed by atoms with Crippen molar-refractivity contribution in [1.82, 2.24) is 0 Å². The van der Waals surface area contributed by atoms with Gasteiger partial charge in [0.25, 0.3) is 0 Å². The van der Waals surface area contributed by atoms with Gasteiger partial charge >= 0.3 is 39.5 Å². The Labute approximate surface area is 549 Å². The van der Waals surface area contributed by atoms with E-state index in [4.69, 9.17) is 37.0 Å². The van der Waals surface area contributed by atoms with Crippen LogP contribution in [0.3, 0.4) is 0 Å². The van der Waals surface area contributed by atoms with Gasteiger partial charge in [0, 0.05) is 25.7 Å². The molecule has 6 atom stereocenters. The largest absolute Gasteiger partial charge is 0.472 e. The lowest BCUT2D eigenvalue weighted by Gasteiger charge is -2.21. The number of phosphoric ester groups is 2. The van der Waals surface area contributed by atoms with Crippen molar-refractivity contribution in [2.45, 2.75) is 375 Å². The summed E-state index contributed by atoms with van der Waals surface area (Å²) in [5, 5.41) is 10.6. The van der Waals surface area contributed by atoms with Gasteiger partial charge in [-0.05, 0) is 43.4 Å². The Morgan fingerprint density at radius 3 is 0.844 bits per heavy atom. The minimum absolute atomic E-state index is 0.103. The SMILES string of the molecule is CCCCCCCCCCCC(=O)OC[C@H](COP(=O)(O)OC[C@H](O)COP(=O)(O)OC[C@@H](COC(=O)CCCCCCCCCCCCC(C)CC)OC(=O)CCCCCCCCCCCCCCCCC(C)C)OC(=O)CCCCCCCCCC(C)C. The van der Waals surface area contributed by atoms with Gasteiger partial charge < -0.3 is 33.8 Å². The third kappa shape index (κ3) is 63.5. The highest BCUT2D eigenvalue weighted by atomic mass is 31.2. The number of rotatable bonds is 69. The second-order valence-electron chi connectivity index (χ2n) is 26.8. The molecule has 3 unspecified atom stereocenters. The molecule has 90 heavy (non-hydrogen) atoms. The lowest BCUT2D eigenvalue weighted by Crippen LogP contribution is -2.30. The maximum absolute atomic E-state index is 13.0. The molecule has 0 fully saturated rings. The molecule has 534 valence electrons. The first-order chi connectivity index (χ1) is 43.3. The van der Waals surface area contributed by atoms with Crippen molar-refractivity contribution >= 4 is 39.5 Å². The van der Waals surface area contributed by atoms with Gasteiger partial charge in [-0.3, -0.25) is 37.3 Å². The number of phosphoric acid groups is 2. The third-order valence-electron chi connectivity index (χ3n) is 16.7. The summed E-state index contributed by atoms with van der Waals surface area (Å²) in [4.78, 5) is 72.5. The number of carbonyl (C=O) groups is 4. The predicted octanol–water partition coefficient (Wildman–Crippen LogP) is 20.2. The summed E-state index contributed by atoms with van der Waals surface area (Å²) in [7, 11) is -9.90. The molecule has 0 heterocycles. The molecular formula is C71H138O17P2. The number of carbonyl (C=O) groups excluding carboxylic acids is 4. The summed E-state index contributed by atoms with van der Waals surface area (Å²) in [5.74, 6) is 0.173. The van der Waals surface area contributed by atoms with Crippen molar-refractivity contribution in [3.05, 3.63) is 0 Å². The molecule has 19 heteroatoms. The van der Waals surface area contributed by atoms with Crippen LogP contribution in [0.1, 0.15) is 357 Å². The number of hydrogen-bond acceptors (Lipinski definition) is 15. The standard InChI is InChI=1S/C71H138O17P2/c1-8-10-11-12-13-22-31-38-45-52-68(73)81-59-67(88-71(76)55-48-41-34-27-29-36-43-50-63(5)6)61-86-90(79,80)84-57-65(72)56-83-89(77,78)85-60-66(58-82-69(74)53-46-39-32-25-21-20-24-30-37-44-51-64(7)9-2)87-70(75)54-47-40-33-26-19-17-15-14-16-18-23-28-35-42-49-62(3)4/h62-67,72H,8-61H2,1-7H3,(H,77,78)(H,79,80)/t64?,65-,66-,67-/m1/s1. The van der Waals surface area contributed by atoms with Crippen LogP contribution in [0.15, 0.2) is 0 Å². The second kappa shape index (κ2) is 61.9.